The number of H-pyrrole nitrogens is 1. The zero-order chi connectivity index (χ0) is 31.5. The maximum Gasteiger partial charge on any atom is 0.256 e. The molecule has 0 unspecified atom stereocenters. The number of aromatic nitrogens is 2. The molecule has 0 bridgehead atoms. The van der Waals surface area contributed by atoms with Crippen molar-refractivity contribution in [2.45, 2.75) is 38.1 Å². The average molecular weight is 623 g/mol. The van der Waals surface area contributed by atoms with Crippen molar-refractivity contribution in [1.82, 2.24) is 19.8 Å². The monoisotopic (exact) mass is 622 g/mol. The Labute approximate surface area is 270 Å². The smallest absolute Gasteiger partial charge is 0.256 e. The molecule has 7 rings (SSSR count). The van der Waals surface area contributed by atoms with Crippen LogP contribution in [-0.4, -0.2) is 98.0 Å². The van der Waals surface area contributed by atoms with Crippen molar-refractivity contribution in [3.63, 3.8) is 0 Å². The standard InChI is InChI=1S/C36H42N6O4/c1-40-15-17-41(18-16-40)26-10-13-30-32(21-26)39-35(38-30)25-8-11-28(12-9-25)45-19-4-3-5-20-46-34-23-31-29(22-33(34)44-2)36(43)42-14-6-7-27(42)24-37-31/h8-13,21-24,27H,3-7,14-20H2,1-2H3,(H,38,39)/t27-/m0/s1. The molecule has 240 valence electrons. The van der Waals surface area contributed by atoms with E-state index in [1.54, 1.807) is 13.2 Å². The molecule has 10 nitrogen and oxygen atoms in total. The fourth-order valence-electron chi connectivity index (χ4n) is 6.48. The normalized spacial score (nSPS) is 18.0. The number of ether oxygens (including phenoxy) is 3. The van der Waals surface area contributed by atoms with Crippen molar-refractivity contribution in [2.24, 2.45) is 4.99 Å². The van der Waals surface area contributed by atoms with Gasteiger partial charge in [-0.2, -0.15) is 0 Å². The third kappa shape index (κ3) is 6.39. The molecule has 2 saturated heterocycles. The van der Waals surface area contributed by atoms with Crippen molar-refractivity contribution in [2.75, 3.05) is 65.0 Å². The summed E-state index contributed by atoms with van der Waals surface area (Å²) in [4.78, 5) is 32.7. The Kier molecular flexibility index (Phi) is 8.78. The topological polar surface area (TPSA) is 95.5 Å². The summed E-state index contributed by atoms with van der Waals surface area (Å²) in [5.41, 5.74) is 5.52. The van der Waals surface area contributed by atoms with Gasteiger partial charge in [-0.3, -0.25) is 9.79 Å². The van der Waals surface area contributed by atoms with E-state index in [9.17, 15) is 4.79 Å². The predicted octanol–water partition coefficient (Wildman–Crippen LogP) is 5.94. The highest BCUT2D eigenvalue weighted by molar-refractivity contribution is 6.03. The minimum Gasteiger partial charge on any atom is -0.494 e. The first-order valence-electron chi connectivity index (χ1n) is 16.4. The van der Waals surface area contributed by atoms with Gasteiger partial charge in [0.2, 0.25) is 0 Å². The molecule has 1 amide bonds. The van der Waals surface area contributed by atoms with Crippen molar-refractivity contribution < 1.29 is 19.0 Å². The van der Waals surface area contributed by atoms with Gasteiger partial charge in [0.15, 0.2) is 11.5 Å². The Morgan fingerprint density at radius 2 is 1.70 bits per heavy atom. The van der Waals surface area contributed by atoms with E-state index in [-0.39, 0.29) is 11.9 Å². The highest BCUT2D eigenvalue weighted by Gasteiger charge is 2.32. The Hall–Kier alpha value is -4.57. The molecule has 3 aromatic carbocycles. The number of carbonyl (C=O) groups is 1. The molecule has 0 saturated carbocycles. The lowest BCUT2D eigenvalue weighted by Gasteiger charge is -2.34. The molecule has 0 aliphatic carbocycles. The molecular formula is C36H42N6O4. The lowest BCUT2D eigenvalue weighted by atomic mass is 10.1. The Bertz CT molecular complexity index is 1710. The van der Waals surface area contributed by atoms with E-state index in [0.717, 1.165) is 93.0 Å². The number of likely N-dealkylation sites (N-methyl/N-ethyl adjacent to an activating group) is 1. The number of fused-ring (bicyclic) bond motifs is 3. The van der Waals surface area contributed by atoms with Gasteiger partial charge >= 0.3 is 0 Å². The Morgan fingerprint density at radius 1 is 0.891 bits per heavy atom. The van der Waals surface area contributed by atoms with E-state index >= 15 is 0 Å². The molecule has 0 radical (unpaired) electrons. The molecular weight excluding hydrogens is 580 g/mol. The van der Waals surface area contributed by atoms with Gasteiger partial charge in [-0.25, -0.2) is 4.98 Å². The number of unbranched alkanes of at least 4 members (excludes halogenated alkanes) is 2. The van der Waals surface area contributed by atoms with Crippen molar-refractivity contribution in [1.29, 1.82) is 0 Å². The zero-order valence-corrected chi connectivity index (χ0v) is 26.7. The van der Waals surface area contributed by atoms with Gasteiger partial charge in [-0.05, 0) is 87.7 Å². The summed E-state index contributed by atoms with van der Waals surface area (Å²) < 4.78 is 17.6. The molecule has 3 aliphatic heterocycles. The van der Waals surface area contributed by atoms with Gasteiger partial charge < -0.3 is 33.9 Å². The van der Waals surface area contributed by atoms with Crippen LogP contribution in [0.4, 0.5) is 11.4 Å². The second-order valence-corrected chi connectivity index (χ2v) is 12.4. The summed E-state index contributed by atoms with van der Waals surface area (Å²) in [6.07, 6.45) is 6.62. The lowest BCUT2D eigenvalue weighted by Crippen LogP contribution is -2.44. The van der Waals surface area contributed by atoms with Crippen LogP contribution in [0.2, 0.25) is 0 Å². The number of hydrogen-bond acceptors (Lipinski definition) is 8. The van der Waals surface area contributed by atoms with Crippen LogP contribution in [0.25, 0.3) is 22.4 Å². The van der Waals surface area contributed by atoms with Crippen LogP contribution in [0.5, 0.6) is 17.2 Å². The maximum atomic E-state index is 13.1. The highest BCUT2D eigenvalue weighted by atomic mass is 16.5. The molecule has 0 spiro atoms. The number of carbonyl (C=O) groups excluding carboxylic acids is 1. The maximum absolute atomic E-state index is 13.1. The van der Waals surface area contributed by atoms with Gasteiger partial charge in [0.25, 0.3) is 5.91 Å². The average Bonchev–Trinajstić information content (AvgIpc) is 3.71. The largest absolute Gasteiger partial charge is 0.494 e. The van der Waals surface area contributed by atoms with E-state index in [4.69, 9.17) is 19.2 Å². The number of nitrogens with one attached hydrogen (secondary N) is 1. The second-order valence-electron chi connectivity index (χ2n) is 12.4. The quantitative estimate of drug-likeness (QED) is 0.207. The summed E-state index contributed by atoms with van der Waals surface area (Å²) in [5.74, 6) is 2.90. The fourth-order valence-corrected chi connectivity index (χ4v) is 6.48. The number of rotatable bonds is 11. The first kappa shape index (κ1) is 30.1. The van der Waals surface area contributed by atoms with E-state index in [2.05, 4.69) is 57.2 Å². The summed E-state index contributed by atoms with van der Waals surface area (Å²) in [6.45, 7) is 6.21. The summed E-state index contributed by atoms with van der Waals surface area (Å²) in [6, 6.07) is 18.3. The molecule has 1 atom stereocenters. The van der Waals surface area contributed by atoms with Crippen molar-refractivity contribution in [3.05, 3.63) is 60.2 Å². The summed E-state index contributed by atoms with van der Waals surface area (Å²) >= 11 is 0. The van der Waals surface area contributed by atoms with Gasteiger partial charge in [0, 0.05) is 56.3 Å². The second kappa shape index (κ2) is 13.4. The SMILES string of the molecule is COc1cc2c(cc1OCCCCCOc1ccc(-c3nc4ccc(N5CCN(C)CC5)cc4[nH]3)cc1)N=C[C@@H]1CCCN1C2=O. The van der Waals surface area contributed by atoms with Gasteiger partial charge in [-0.1, -0.05) is 0 Å². The third-order valence-corrected chi connectivity index (χ3v) is 9.23. The number of amides is 1. The van der Waals surface area contributed by atoms with E-state index < -0.39 is 0 Å². The van der Waals surface area contributed by atoms with E-state index in [1.165, 1.54) is 5.69 Å². The summed E-state index contributed by atoms with van der Waals surface area (Å²) in [5, 5.41) is 0. The predicted molar refractivity (Wildman–Crippen MR) is 181 cm³/mol. The number of benzene rings is 3. The van der Waals surface area contributed by atoms with Gasteiger partial charge in [0.05, 0.1) is 48.6 Å². The lowest BCUT2D eigenvalue weighted by molar-refractivity contribution is 0.0774. The number of imidazole rings is 1. The zero-order valence-electron chi connectivity index (χ0n) is 26.7. The molecule has 4 heterocycles. The first-order valence-corrected chi connectivity index (χ1v) is 16.4. The number of aliphatic imine (C=N–C) groups is 1. The van der Waals surface area contributed by atoms with E-state index in [0.29, 0.717) is 36.0 Å². The molecule has 1 aromatic heterocycles. The molecule has 1 N–H and O–H groups in total. The first-order chi connectivity index (χ1) is 22.6. The third-order valence-electron chi connectivity index (χ3n) is 9.23. The fraction of sp³-hybridized carbons (Fsp3) is 0.417. The van der Waals surface area contributed by atoms with Crippen LogP contribution in [-0.2, 0) is 0 Å². The van der Waals surface area contributed by atoms with Crippen LogP contribution >= 0.6 is 0 Å². The number of hydrogen-bond donors (Lipinski definition) is 1. The van der Waals surface area contributed by atoms with Crippen LogP contribution in [0.1, 0.15) is 42.5 Å². The molecule has 2 fully saturated rings. The van der Waals surface area contributed by atoms with E-state index in [1.807, 2.05) is 29.3 Å². The minimum absolute atomic E-state index is 0.0132. The minimum atomic E-state index is 0.0132. The van der Waals surface area contributed by atoms with Crippen LogP contribution in [0.15, 0.2) is 59.6 Å². The number of piperazine rings is 1. The molecule has 4 aromatic rings. The highest BCUT2D eigenvalue weighted by Crippen LogP contribution is 2.38. The van der Waals surface area contributed by atoms with Gasteiger partial charge in [-0.15, -0.1) is 0 Å². The molecule has 46 heavy (non-hydrogen) atoms. The Morgan fingerprint density at radius 3 is 2.50 bits per heavy atom. The number of anilines is 1. The number of aromatic amines is 1. The molecule has 3 aliphatic rings. The number of methoxy groups -OCH3 is 1. The Balaban J connectivity index is 0.868. The van der Waals surface area contributed by atoms with Crippen LogP contribution in [0, 0.1) is 0 Å². The summed E-state index contributed by atoms with van der Waals surface area (Å²) in [7, 11) is 3.78. The van der Waals surface area contributed by atoms with Crippen LogP contribution < -0.4 is 19.1 Å². The van der Waals surface area contributed by atoms with Crippen LogP contribution in [0.3, 0.4) is 0 Å². The van der Waals surface area contributed by atoms with Gasteiger partial charge in [0.1, 0.15) is 11.6 Å². The van der Waals surface area contributed by atoms with Crippen molar-refractivity contribution >= 4 is 34.5 Å². The number of nitrogens with zero attached hydrogens (tertiary/aromatic N) is 5. The molecule has 10 heteroatoms. The van der Waals surface area contributed by atoms with Crippen molar-refractivity contribution in [3.8, 4) is 28.6 Å².